The zero-order valence-corrected chi connectivity index (χ0v) is 6.77. The van der Waals surface area contributed by atoms with E-state index in [0.29, 0.717) is 5.57 Å². The van der Waals surface area contributed by atoms with Gasteiger partial charge >= 0.3 is 5.97 Å². The van der Waals surface area contributed by atoms with E-state index < -0.39 is 5.97 Å². The highest BCUT2D eigenvalue weighted by Gasteiger charge is 2.04. The van der Waals surface area contributed by atoms with E-state index in [4.69, 9.17) is 5.11 Å². The second-order valence-corrected chi connectivity index (χ2v) is 2.24. The molecule has 0 heterocycles. The van der Waals surface area contributed by atoms with Crippen molar-refractivity contribution in [2.75, 3.05) is 0 Å². The van der Waals surface area contributed by atoms with Crippen molar-refractivity contribution in [3.63, 3.8) is 0 Å². The van der Waals surface area contributed by atoms with Gasteiger partial charge in [0, 0.05) is 5.57 Å². The lowest BCUT2D eigenvalue weighted by atomic mass is 10.1. The SMILES string of the molecule is CCC(CC)=C(C)C(=O)O. The molecule has 0 aromatic carbocycles. The average Bonchev–Trinajstić information content (AvgIpc) is 1.90. The quantitative estimate of drug-likeness (QED) is 0.613. The lowest BCUT2D eigenvalue weighted by Gasteiger charge is -2.02. The van der Waals surface area contributed by atoms with Crippen molar-refractivity contribution in [1.29, 1.82) is 0 Å². The van der Waals surface area contributed by atoms with Gasteiger partial charge in [-0.2, -0.15) is 0 Å². The Bertz CT molecular complexity index is 151. The van der Waals surface area contributed by atoms with Crippen LogP contribution in [0, 0.1) is 0 Å². The number of hydrogen-bond donors (Lipinski definition) is 1. The van der Waals surface area contributed by atoms with Gasteiger partial charge in [0.15, 0.2) is 0 Å². The van der Waals surface area contributed by atoms with Crippen LogP contribution in [-0.2, 0) is 4.79 Å². The van der Waals surface area contributed by atoms with Crippen LogP contribution in [0.3, 0.4) is 0 Å². The summed E-state index contributed by atoms with van der Waals surface area (Å²) in [5, 5.41) is 8.56. The molecule has 0 aromatic rings. The first-order chi connectivity index (χ1) is 4.63. The van der Waals surface area contributed by atoms with Gasteiger partial charge in [-0.15, -0.1) is 0 Å². The molecule has 2 heteroatoms. The Morgan fingerprint density at radius 2 is 1.70 bits per heavy atom. The van der Waals surface area contributed by atoms with E-state index >= 15 is 0 Å². The number of rotatable bonds is 3. The van der Waals surface area contributed by atoms with Gasteiger partial charge in [-0.1, -0.05) is 19.4 Å². The summed E-state index contributed by atoms with van der Waals surface area (Å²) in [4.78, 5) is 10.4. The minimum atomic E-state index is -0.793. The van der Waals surface area contributed by atoms with Crippen LogP contribution in [0.5, 0.6) is 0 Å². The number of allylic oxidation sites excluding steroid dienone is 1. The summed E-state index contributed by atoms with van der Waals surface area (Å²) in [6, 6.07) is 0. The third-order valence-corrected chi connectivity index (χ3v) is 1.70. The Labute approximate surface area is 61.6 Å². The van der Waals surface area contributed by atoms with Gasteiger partial charge in [0.25, 0.3) is 0 Å². The topological polar surface area (TPSA) is 37.3 Å². The second-order valence-electron chi connectivity index (χ2n) is 2.24. The van der Waals surface area contributed by atoms with E-state index in [1.165, 1.54) is 0 Å². The zero-order chi connectivity index (χ0) is 8.15. The smallest absolute Gasteiger partial charge is 0.331 e. The predicted octanol–water partition coefficient (Wildman–Crippen LogP) is 2.21. The Morgan fingerprint density at radius 3 is 1.80 bits per heavy atom. The first kappa shape index (κ1) is 9.21. The molecule has 0 bridgehead atoms. The summed E-state index contributed by atoms with van der Waals surface area (Å²) < 4.78 is 0. The Kier molecular flexibility index (Phi) is 3.77. The predicted molar refractivity (Wildman–Crippen MR) is 40.9 cm³/mol. The van der Waals surface area contributed by atoms with E-state index in [2.05, 4.69) is 0 Å². The Morgan fingerprint density at radius 1 is 1.30 bits per heavy atom. The third kappa shape index (κ3) is 2.21. The summed E-state index contributed by atoms with van der Waals surface area (Å²) in [7, 11) is 0. The number of carboxylic acids is 1. The monoisotopic (exact) mass is 142 g/mol. The molecule has 0 rings (SSSR count). The number of aliphatic carboxylic acids is 1. The lowest BCUT2D eigenvalue weighted by Crippen LogP contribution is -2.00. The van der Waals surface area contributed by atoms with Crippen LogP contribution in [0.25, 0.3) is 0 Å². The minimum Gasteiger partial charge on any atom is -0.478 e. The molecule has 0 aliphatic carbocycles. The van der Waals surface area contributed by atoms with E-state index in [-0.39, 0.29) is 0 Å². The number of carbonyl (C=O) groups is 1. The molecule has 1 N–H and O–H groups in total. The molecule has 0 radical (unpaired) electrons. The molecular weight excluding hydrogens is 128 g/mol. The first-order valence-corrected chi connectivity index (χ1v) is 3.55. The third-order valence-electron chi connectivity index (χ3n) is 1.70. The van der Waals surface area contributed by atoms with Crippen molar-refractivity contribution < 1.29 is 9.90 Å². The van der Waals surface area contributed by atoms with Crippen molar-refractivity contribution in [3.8, 4) is 0 Å². The molecule has 0 saturated carbocycles. The molecule has 0 aromatic heterocycles. The van der Waals surface area contributed by atoms with E-state index in [0.717, 1.165) is 18.4 Å². The Hall–Kier alpha value is -0.790. The molecule has 0 unspecified atom stereocenters. The molecule has 2 nitrogen and oxygen atoms in total. The van der Waals surface area contributed by atoms with Crippen LogP contribution in [0.2, 0.25) is 0 Å². The summed E-state index contributed by atoms with van der Waals surface area (Å²) in [6.07, 6.45) is 1.68. The summed E-state index contributed by atoms with van der Waals surface area (Å²) in [5.41, 5.74) is 1.54. The van der Waals surface area contributed by atoms with Gasteiger partial charge in [-0.05, 0) is 19.8 Å². The maximum absolute atomic E-state index is 10.4. The molecule has 0 saturated heterocycles. The van der Waals surface area contributed by atoms with Gasteiger partial charge in [0.1, 0.15) is 0 Å². The van der Waals surface area contributed by atoms with Crippen LogP contribution in [0.4, 0.5) is 0 Å². The summed E-state index contributed by atoms with van der Waals surface area (Å²) >= 11 is 0. The van der Waals surface area contributed by atoms with Gasteiger partial charge in [0.2, 0.25) is 0 Å². The van der Waals surface area contributed by atoms with Gasteiger partial charge in [-0.25, -0.2) is 4.79 Å². The maximum Gasteiger partial charge on any atom is 0.331 e. The minimum absolute atomic E-state index is 0.505. The average molecular weight is 142 g/mol. The van der Waals surface area contributed by atoms with Crippen molar-refractivity contribution in [2.45, 2.75) is 33.6 Å². The molecular formula is C8H14O2. The van der Waals surface area contributed by atoms with Crippen LogP contribution in [0.1, 0.15) is 33.6 Å². The molecule has 10 heavy (non-hydrogen) atoms. The fourth-order valence-corrected chi connectivity index (χ4v) is 0.932. The highest BCUT2D eigenvalue weighted by atomic mass is 16.4. The number of hydrogen-bond acceptors (Lipinski definition) is 1. The Balaban J connectivity index is 4.43. The van der Waals surface area contributed by atoms with E-state index in [1.54, 1.807) is 6.92 Å². The normalized spacial score (nSPS) is 9.10. The van der Waals surface area contributed by atoms with Gasteiger partial charge in [-0.3, -0.25) is 0 Å². The molecule has 0 aliphatic rings. The molecule has 0 aliphatic heterocycles. The second kappa shape index (κ2) is 4.09. The van der Waals surface area contributed by atoms with Crippen molar-refractivity contribution >= 4 is 5.97 Å². The summed E-state index contributed by atoms with van der Waals surface area (Å²) in [6.45, 7) is 5.61. The zero-order valence-electron chi connectivity index (χ0n) is 6.77. The van der Waals surface area contributed by atoms with Crippen LogP contribution >= 0.6 is 0 Å². The fraction of sp³-hybridized carbons (Fsp3) is 0.625. The standard InChI is InChI=1S/C8H14O2/c1-4-7(5-2)6(3)8(9)10/h4-5H2,1-3H3,(H,9,10). The molecule has 0 fully saturated rings. The lowest BCUT2D eigenvalue weighted by molar-refractivity contribution is -0.132. The van der Waals surface area contributed by atoms with E-state index in [9.17, 15) is 4.79 Å². The van der Waals surface area contributed by atoms with E-state index in [1.807, 2.05) is 13.8 Å². The highest BCUT2D eigenvalue weighted by Crippen LogP contribution is 2.11. The molecule has 0 amide bonds. The molecule has 58 valence electrons. The van der Waals surface area contributed by atoms with Crippen LogP contribution < -0.4 is 0 Å². The maximum atomic E-state index is 10.4. The molecule has 0 spiro atoms. The largest absolute Gasteiger partial charge is 0.478 e. The van der Waals surface area contributed by atoms with Crippen LogP contribution in [0.15, 0.2) is 11.1 Å². The van der Waals surface area contributed by atoms with Gasteiger partial charge in [0.05, 0.1) is 0 Å². The highest BCUT2D eigenvalue weighted by molar-refractivity contribution is 5.86. The van der Waals surface area contributed by atoms with Crippen molar-refractivity contribution in [2.24, 2.45) is 0 Å². The fourth-order valence-electron chi connectivity index (χ4n) is 0.932. The molecule has 0 atom stereocenters. The summed E-state index contributed by atoms with van der Waals surface area (Å²) in [5.74, 6) is -0.793. The number of carboxylic acid groups (broad SMARTS) is 1. The van der Waals surface area contributed by atoms with Crippen molar-refractivity contribution in [3.05, 3.63) is 11.1 Å². The van der Waals surface area contributed by atoms with Crippen molar-refractivity contribution in [1.82, 2.24) is 0 Å². The van der Waals surface area contributed by atoms with Gasteiger partial charge < -0.3 is 5.11 Å². The van der Waals surface area contributed by atoms with Crippen LogP contribution in [-0.4, -0.2) is 11.1 Å². The first-order valence-electron chi connectivity index (χ1n) is 3.55.